The largest absolute Gasteiger partial charge is 0.472 e. The van der Waals surface area contributed by atoms with Gasteiger partial charge in [0, 0.05) is 6.61 Å². The molecule has 1 fully saturated rings. The fourth-order valence-corrected chi connectivity index (χ4v) is 7.38. The second kappa shape index (κ2) is 23.5. The number of nitrogens with two attached hydrogens (primary N) is 1. The molecule has 4 rings (SSSR count). The summed E-state index contributed by atoms with van der Waals surface area (Å²) in [6, 6.07) is 4.87. The number of nitrogen functional groups attached to an aromatic ring is 1. The molecule has 18 heteroatoms. The van der Waals surface area contributed by atoms with Crippen molar-refractivity contribution >= 4 is 25.0 Å². The van der Waals surface area contributed by atoms with Crippen molar-refractivity contribution in [2.24, 2.45) is 0 Å². The minimum Gasteiger partial charge on any atom is -0.467 e. The summed E-state index contributed by atoms with van der Waals surface area (Å²) < 4.78 is 42.0. The van der Waals surface area contributed by atoms with Crippen LogP contribution in [0, 0.1) is 17.9 Å². The maximum absolute atomic E-state index is 13.0. The average molecular weight is 801 g/mol. The van der Waals surface area contributed by atoms with E-state index in [0.717, 1.165) is 25.6 Å². The lowest BCUT2D eigenvalue weighted by atomic mass is 9.92. The molecule has 0 bridgehead atoms. The molecule has 0 spiro atoms. The highest BCUT2D eigenvalue weighted by Gasteiger charge is 2.58. The minimum absolute atomic E-state index is 0.00827. The number of phosphoric acid groups is 1. The molecule has 56 heavy (non-hydrogen) atoms. The molecule has 308 valence electrons. The Balaban J connectivity index is 1.18. The molecule has 0 radical (unpaired) electrons. The van der Waals surface area contributed by atoms with Crippen molar-refractivity contribution in [2.75, 3.05) is 32.2 Å². The van der Waals surface area contributed by atoms with Gasteiger partial charge in [0.1, 0.15) is 42.3 Å². The number of aliphatic hydroxyl groups excluding tert-OH is 2. The monoisotopic (exact) mass is 800 g/mol. The van der Waals surface area contributed by atoms with Gasteiger partial charge >= 0.3 is 7.82 Å². The summed E-state index contributed by atoms with van der Waals surface area (Å²) in [6.45, 7) is 8.59. The van der Waals surface area contributed by atoms with Crippen molar-refractivity contribution in [3.8, 4) is 11.9 Å². The van der Waals surface area contributed by atoms with Crippen molar-refractivity contribution in [3.05, 3.63) is 48.0 Å². The first kappa shape index (κ1) is 44.9. The number of ether oxygens (including phenoxy) is 3. The summed E-state index contributed by atoms with van der Waals surface area (Å²) in [5.74, 6) is 0.244. The van der Waals surface area contributed by atoms with Gasteiger partial charge in [-0.1, -0.05) is 110 Å². The van der Waals surface area contributed by atoms with E-state index in [9.17, 15) is 24.9 Å². The van der Waals surface area contributed by atoms with Gasteiger partial charge in [0.25, 0.3) is 11.7 Å². The first-order valence-corrected chi connectivity index (χ1v) is 21.2. The molecule has 1 aliphatic heterocycles. The third kappa shape index (κ3) is 13.4. The zero-order valence-corrected chi connectivity index (χ0v) is 33.2. The number of anilines is 1. The van der Waals surface area contributed by atoms with E-state index in [0.29, 0.717) is 12.1 Å². The molecule has 1 aliphatic rings. The van der Waals surface area contributed by atoms with Crippen molar-refractivity contribution in [2.45, 2.75) is 140 Å². The second-order valence-corrected chi connectivity index (χ2v) is 15.6. The number of fused-ring (bicyclic) bond motifs is 1. The van der Waals surface area contributed by atoms with Crippen LogP contribution in [0.4, 0.5) is 11.6 Å². The molecule has 0 aromatic carbocycles. The Kier molecular flexibility index (Phi) is 18.8. The maximum Gasteiger partial charge on any atom is 0.472 e. The lowest BCUT2D eigenvalue weighted by Crippen LogP contribution is -2.41. The van der Waals surface area contributed by atoms with Crippen molar-refractivity contribution < 1.29 is 42.9 Å². The average Bonchev–Trinajstić information content (AvgIpc) is 3.75. The lowest BCUT2D eigenvalue weighted by Gasteiger charge is -2.24. The quantitative estimate of drug-likeness (QED) is 0.0356. The van der Waals surface area contributed by atoms with Crippen molar-refractivity contribution in [1.29, 1.82) is 5.26 Å². The summed E-state index contributed by atoms with van der Waals surface area (Å²) in [6.07, 6.45) is 18.0. The minimum atomic E-state index is -4.81. The van der Waals surface area contributed by atoms with Crippen LogP contribution in [-0.4, -0.2) is 90.5 Å². The van der Waals surface area contributed by atoms with Crippen LogP contribution in [0.5, 0.6) is 5.88 Å². The first-order valence-electron chi connectivity index (χ1n) is 19.7. The van der Waals surface area contributed by atoms with Crippen molar-refractivity contribution in [3.63, 3.8) is 0 Å². The van der Waals surface area contributed by atoms with Crippen molar-refractivity contribution in [1.82, 2.24) is 24.6 Å². The standard InChI is InChI=1S/C38H57N8O9P/c1-3-4-5-6-7-8-9-10-11-12-13-14-15-16-17-18-21-51-24-29(54-34-23-42-33(41-2)22-43-34)25-52-56(49,50)53-26-31-35(47)36(48)38(27-39,55-31)32-20-19-30-37(40)44-28-45-46(30)32/h19-20,22-23,28-29,31,35-36,47-48H,3-18,21,24-26H2,1H3,(H,49,50)(H2,40,44,45)/t29-,31-,35-,36-,38+/m1/s1. The maximum atomic E-state index is 13.0. The molecule has 17 nitrogen and oxygen atoms in total. The van der Waals surface area contributed by atoms with Crippen LogP contribution in [0.1, 0.15) is 115 Å². The Bertz CT molecular complexity index is 1740. The Morgan fingerprint density at radius 3 is 2.20 bits per heavy atom. The van der Waals surface area contributed by atoms with Gasteiger partial charge in [0.05, 0.1) is 31.7 Å². The van der Waals surface area contributed by atoms with Gasteiger partial charge < -0.3 is 39.9 Å². The number of nitriles is 1. The Labute approximate surface area is 329 Å². The number of nitrogens with zero attached hydrogens (tertiary/aromatic N) is 7. The van der Waals surface area contributed by atoms with Crippen LogP contribution in [0.2, 0.25) is 0 Å². The highest BCUT2D eigenvalue weighted by Crippen LogP contribution is 2.46. The predicted molar refractivity (Wildman–Crippen MR) is 206 cm³/mol. The van der Waals surface area contributed by atoms with Gasteiger partial charge in [0.15, 0.2) is 12.0 Å². The smallest absolute Gasteiger partial charge is 0.467 e. The van der Waals surface area contributed by atoms with E-state index in [1.165, 1.54) is 113 Å². The molecular weight excluding hydrogens is 743 g/mol. The Morgan fingerprint density at radius 1 is 0.964 bits per heavy atom. The van der Waals surface area contributed by atoms with Gasteiger partial charge in [-0.25, -0.2) is 19.0 Å². The van der Waals surface area contributed by atoms with Crippen LogP contribution in [-0.2, 0) is 28.7 Å². The molecule has 6 atom stereocenters. The highest BCUT2D eigenvalue weighted by molar-refractivity contribution is 7.47. The Hall–Kier alpha value is -3.77. The number of unbranched alkanes of at least 4 members (excludes halogenated alkanes) is 15. The Morgan fingerprint density at radius 2 is 1.61 bits per heavy atom. The fraction of sp³-hybridized carbons (Fsp3) is 0.684. The molecule has 1 saturated heterocycles. The van der Waals surface area contributed by atoms with Gasteiger partial charge in [-0.05, 0) is 18.6 Å². The van der Waals surface area contributed by atoms with E-state index >= 15 is 0 Å². The summed E-state index contributed by atoms with van der Waals surface area (Å²) >= 11 is 0. The van der Waals surface area contributed by atoms with Crippen LogP contribution < -0.4 is 10.5 Å². The normalized spacial score (nSPS) is 21.1. The molecule has 3 aromatic heterocycles. The number of hydrogen-bond acceptors (Lipinski definition) is 14. The molecule has 1 unspecified atom stereocenters. The highest BCUT2D eigenvalue weighted by atomic mass is 31.2. The number of hydrogen-bond donors (Lipinski definition) is 4. The summed E-state index contributed by atoms with van der Waals surface area (Å²) in [5, 5.41) is 35.9. The molecular formula is C38H57N8O9P. The zero-order valence-electron chi connectivity index (χ0n) is 32.3. The van der Waals surface area contributed by atoms with Gasteiger partial charge in [-0.3, -0.25) is 9.05 Å². The topological polar surface area (TPSA) is 234 Å². The number of aliphatic hydroxyl groups is 2. The van der Waals surface area contributed by atoms with Crippen LogP contribution in [0.15, 0.2) is 30.9 Å². The van der Waals surface area contributed by atoms with E-state index in [4.69, 9.17) is 35.6 Å². The summed E-state index contributed by atoms with van der Waals surface area (Å²) in [4.78, 5) is 25.6. The molecule has 4 heterocycles. The molecule has 0 aliphatic carbocycles. The van der Waals surface area contributed by atoms with Gasteiger partial charge in [0.2, 0.25) is 5.60 Å². The molecule has 0 saturated carbocycles. The van der Waals surface area contributed by atoms with E-state index in [1.54, 1.807) is 0 Å². The first-order chi connectivity index (χ1) is 27.1. The van der Waals surface area contributed by atoms with E-state index < -0.39 is 51.1 Å². The zero-order chi connectivity index (χ0) is 40.2. The molecule has 3 aromatic rings. The number of rotatable bonds is 28. The van der Waals surface area contributed by atoms with Crippen LogP contribution in [0.25, 0.3) is 10.4 Å². The summed E-state index contributed by atoms with van der Waals surface area (Å²) in [5.41, 5.74) is 4.19. The van der Waals surface area contributed by atoms with Crippen LogP contribution in [0.3, 0.4) is 0 Å². The van der Waals surface area contributed by atoms with Gasteiger partial charge in [-0.2, -0.15) is 10.4 Å². The SMILES string of the molecule is [C-]#[N+]c1cnc(O[C@H](COCCCCCCCCCCCCCCCCCC)COP(=O)(O)OC[C@H]2O[C@@](C#N)(c3ccc4c(N)ncnn34)[C@H](O)[C@@H]2O)cn1. The van der Waals surface area contributed by atoms with Crippen LogP contribution >= 0.6 is 7.82 Å². The molecule has 0 amide bonds. The van der Waals surface area contributed by atoms with Gasteiger partial charge in [-0.15, -0.1) is 4.98 Å². The predicted octanol–water partition coefficient (Wildman–Crippen LogP) is 6.35. The lowest BCUT2D eigenvalue weighted by molar-refractivity contribution is -0.0652. The second-order valence-electron chi connectivity index (χ2n) is 14.1. The summed E-state index contributed by atoms with van der Waals surface area (Å²) in [7, 11) is -4.81. The third-order valence-electron chi connectivity index (χ3n) is 9.77. The fourth-order valence-electron chi connectivity index (χ4n) is 6.61. The number of aromatic nitrogens is 5. The molecule has 5 N–H and O–H groups in total. The van der Waals surface area contributed by atoms with E-state index in [1.807, 2.05) is 6.07 Å². The van der Waals surface area contributed by atoms with E-state index in [-0.39, 0.29) is 29.8 Å². The number of phosphoric ester groups is 1. The van der Waals surface area contributed by atoms with E-state index in [2.05, 4.69) is 31.8 Å². The third-order valence-corrected chi connectivity index (χ3v) is 10.7.